The van der Waals surface area contributed by atoms with Crippen LogP contribution >= 0.6 is 22.9 Å². The molecule has 0 aromatic carbocycles. The van der Waals surface area contributed by atoms with Gasteiger partial charge in [0.2, 0.25) is 0 Å². The molecule has 1 aliphatic rings. The van der Waals surface area contributed by atoms with Gasteiger partial charge in [0.15, 0.2) is 0 Å². The maximum atomic E-state index is 7.91. The van der Waals surface area contributed by atoms with Crippen LogP contribution in [0.5, 0.6) is 0 Å². The van der Waals surface area contributed by atoms with Crippen LogP contribution in [-0.4, -0.2) is 38.3 Å². The molecule has 98 valence electrons. The van der Waals surface area contributed by atoms with Crippen LogP contribution in [0.4, 0.5) is 0 Å². The number of rotatable bonds is 7. The first-order valence-corrected chi connectivity index (χ1v) is 6.87. The van der Waals surface area contributed by atoms with E-state index in [4.69, 9.17) is 5.84 Å². The van der Waals surface area contributed by atoms with E-state index < -0.39 is 0 Å². The van der Waals surface area contributed by atoms with Crippen molar-refractivity contribution in [3.8, 4) is 0 Å². The first-order chi connectivity index (χ1) is 7.99. The Morgan fingerprint density at radius 2 is 2.12 bits per heavy atom. The summed E-state index contributed by atoms with van der Waals surface area (Å²) in [6.45, 7) is 9.56. The molecule has 17 heavy (non-hydrogen) atoms. The zero-order valence-electron chi connectivity index (χ0n) is 10.9. The molecule has 0 saturated heterocycles. The quantitative estimate of drug-likeness (QED) is 0.177. The van der Waals surface area contributed by atoms with Gasteiger partial charge in [0.1, 0.15) is 0 Å². The minimum absolute atomic E-state index is 0.311. The number of hydrogen-bond acceptors (Lipinski definition) is 4. The topological polar surface area (TPSA) is 45.9 Å². The van der Waals surface area contributed by atoms with Crippen molar-refractivity contribution in [1.82, 2.24) is 13.3 Å². The van der Waals surface area contributed by atoms with Gasteiger partial charge in [-0.1, -0.05) is 19.9 Å². The second-order valence-corrected chi connectivity index (χ2v) is 5.29. The van der Waals surface area contributed by atoms with Crippen molar-refractivity contribution in [2.24, 2.45) is 5.10 Å². The molecule has 1 N–H and O–H groups in total. The van der Waals surface area contributed by atoms with E-state index >= 15 is 0 Å². The predicted molar refractivity (Wildman–Crippen MR) is 80.2 cm³/mol. The third-order valence-electron chi connectivity index (χ3n) is 2.71. The molecule has 0 spiro atoms. The molecular formula is C11H21IN5-. The van der Waals surface area contributed by atoms with E-state index in [1.807, 2.05) is 22.1 Å². The zero-order chi connectivity index (χ0) is 13.0. The highest BCUT2D eigenvalue weighted by Crippen LogP contribution is 2.27. The molecule has 0 bridgehead atoms. The predicted octanol–water partition coefficient (Wildman–Crippen LogP) is 3.22. The summed E-state index contributed by atoms with van der Waals surface area (Å²) in [5.41, 5.74) is 2.44. The normalized spacial score (nSPS) is 19.9. The lowest BCUT2D eigenvalue weighted by Gasteiger charge is -2.37. The molecule has 1 atom stereocenters. The molecular weight excluding hydrogens is 329 g/mol. The maximum absolute atomic E-state index is 7.91. The molecule has 0 aliphatic heterocycles. The number of hydrazine groups is 1. The van der Waals surface area contributed by atoms with Gasteiger partial charge in [-0.05, 0) is 25.8 Å². The zero-order valence-corrected chi connectivity index (χ0v) is 13.1. The fourth-order valence-corrected chi connectivity index (χ4v) is 1.51. The van der Waals surface area contributed by atoms with Crippen molar-refractivity contribution in [3.63, 3.8) is 0 Å². The number of nitrogens with zero attached hydrogens (tertiary/aromatic N) is 4. The molecule has 0 saturated carbocycles. The molecule has 1 unspecified atom stereocenters. The van der Waals surface area contributed by atoms with E-state index in [-0.39, 0.29) is 0 Å². The van der Waals surface area contributed by atoms with E-state index in [1.165, 1.54) is 10.7 Å². The second-order valence-electron chi connectivity index (χ2n) is 4.18. The van der Waals surface area contributed by atoms with Crippen LogP contribution in [0.1, 0.15) is 34.1 Å². The standard InChI is InChI=1S/C11H21IN5/c1-5-10(4)14-15(11-7-9(11)3)8-17(13)16(12)6-2/h7,11,13H,5-6,8H2,1-4H3/q-1/b14-10-. The molecule has 0 radical (unpaired) electrons. The number of hydrogen-bond donors (Lipinski definition) is 0. The highest BCUT2D eigenvalue weighted by atomic mass is 127. The van der Waals surface area contributed by atoms with Crippen molar-refractivity contribution in [3.05, 3.63) is 17.5 Å². The van der Waals surface area contributed by atoms with Crippen LogP contribution in [0.2, 0.25) is 0 Å². The summed E-state index contributed by atoms with van der Waals surface area (Å²) >= 11 is 2.14. The smallest absolute Gasteiger partial charge is 0.0878 e. The Morgan fingerprint density at radius 3 is 2.53 bits per heavy atom. The van der Waals surface area contributed by atoms with Crippen molar-refractivity contribution in [2.45, 2.75) is 40.2 Å². The van der Waals surface area contributed by atoms with E-state index in [2.05, 4.69) is 47.9 Å². The van der Waals surface area contributed by atoms with Crippen molar-refractivity contribution in [1.29, 1.82) is 0 Å². The van der Waals surface area contributed by atoms with Gasteiger partial charge in [0.25, 0.3) is 0 Å². The lowest BCUT2D eigenvalue weighted by molar-refractivity contribution is 0.0741. The summed E-state index contributed by atoms with van der Waals surface area (Å²) in [4.78, 5) is 0. The van der Waals surface area contributed by atoms with Gasteiger partial charge in [0, 0.05) is 35.1 Å². The van der Waals surface area contributed by atoms with Crippen LogP contribution in [0.25, 0.3) is 5.84 Å². The summed E-state index contributed by atoms with van der Waals surface area (Å²) in [5.74, 6) is 7.91. The largest absolute Gasteiger partial charge is 0.592 e. The van der Waals surface area contributed by atoms with Crippen molar-refractivity contribution < 1.29 is 0 Å². The lowest BCUT2D eigenvalue weighted by Crippen LogP contribution is -2.39. The van der Waals surface area contributed by atoms with E-state index in [0.29, 0.717) is 12.7 Å². The Balaban J connectivity index is 2.59. The molecule has 0 amide bonds. The minimum atomic E-state index is 0.311. The fourth-order valence-electron chi connectivity index (χ4n) is 1.37. The number of hydrazone groups is 1. The van der Waals surface area contributed by atoms with E-state index in [0.717, 1.165) is 18.7 Å². The Kier molecular flexibility index (Phi) is 5.84. The third kappa shape index (κ3) is 4.53. The first kappa shape index (κ1) is 14.9. The lowest BCUT2D eigenvalue weighted by atomic mass is 10.3. The third-order valence-corrected chi connectivity index (χ3v) is 3.91. The average molecular weight is 350 g/mol. The van der Waals surface area contributed by atoms with Crippen molar-refractivity contribution >= 4 is 28.6 Å². The first-order valence-electron chi connectivity index (χ1n) is 5.90. The minimum Gasteiger partial charge on any atom is -0.592 e. The van der Waals surface area contributed by atoms with Crippen LogP contribution in [0.15, 0.2) is 16.8 Å². The summed E-state index contributed by atoms with van der Waals surface area (Å²) in [7, 11) is 0. The van der Waals surface area contributed by atoms with Gasteiger partial charge >= 0.3 is 0 Å². The van der Waals surface area contributed by atoms with Crippen LogP contribution in [-0.2, 0) is 0 Å². The van der Waals surface area contributed by atoms with Crippen LogP contribution in [0, 0.1) is 0 Å². The highest BCUT2D eigenvalue weighted by Gasteiger charge is 2.27. The van der Waals surface area contributed by atoms with Crippen LogP contribution in [0.3, 0.4) is 0 Å². The highest BCUT2D eigenvalue weighted by molar-refractivity contribution is 14.1. The van der Waals surface area contributed by atoms with Gasteiger partial charge in [-0.25, -0.2) is 0 Å². The summed E-state index contributed by atoms with van der Waals surface area (Å²) in [6.07, 6.45) is 3.12. The number of nitrogens with one attached hydrogen (secondary N) is 1. The second kappa shape index (κ2) is 6.67. The van der Waals surface area contributed by atoms with Crippen LogP contribution < -0.4 is 0 Å². The molecule has 5 nitrogen and oxygen atoms in total. The van der Waals surface area contributed by atoms with E-state index in [1.54, 1.807) is 0 Å². The molecule has 0 heterocycles. The van der Waals surface area contributed by atoms with Crippen molar-refractivity contribution in [2.75, 3.05) is 13.2 Å². The summed E-state index contributed by atoms with van der Waals surface area (Å²) < 4.78 is 1.83. The van der Waals surface area contributed by atoms with Gasteiger partial charge in [-0.15, -0.1) is 0 Å². The number of halogens is 1. The van der Waals surface area contributed by atoms with E-state index in [9.17, 15) is 0 Å². The van der Waals surface area contributed by atoms with Gasteiger partial charge in [-0.2, -0.15) is 8.32 Å². The van der Waals surface area contributed by atoms with Gasteiger partial charge in [0.05, 0.1) is 12.7 Å². The van der Waals surface area contributed by atoms with Gasteiger partial charge < -0.3 is 11.0 Å². The molecule has 0 aromatic rings. The molecule has 1 rings (SSSR count). The van der Waals surface area contributed by atoms with Gasteiger partial charge in [-0.3, -0.25) is 5.01 Å². The summed E-state index contributed by atoms with van der Waals surface area (Å²) in [5, 5.41) is 7.98. The fraction of sp³-hybridized carbons (Fsp3) is 0.727. The Hall–Kier alpha value is -0.180. The summed E-state index contributed by atoms with van der Waals surface area (Å²) in [6, 6.07) is 0.311. The maximum Gasteiger partial charge on any atom is 0.0878 e. The Labute approximate surface area is 118 Å². The molecule has 0 aromatic heterocycles. The molecule has 1 aliphatic carbocycles. The average Bonchev–Trinajstić information content (AvgIpc) is 3.03. The molecule has 0 fully saturated rings. The Bertz CT molecular complexity index is 315. The molecule has 6 heteroatoms. The monoisotopic (exact) mass is 350 g/mol. The SMILES string of the molecule is CC/C(C)=N\N(CN([NH-])N(I)CC)C1C=C1C. The Morgan fingerprint density at radius 1 is 1.53 bits per heavy atom.